The van der Waals surface area contributed by atoms with Crippen molar-refractivity contribution >= 4 is 5.97 Å². The van der Waals surface area contributed by atoms with E-state index < -0.39 is 11.4 Å². The molecule has 4 heteroatoms. The van der Waals surface area contributed by atoms with Crippen LogP contribution in [0.4, 0.5) is 0 Å². The van der Waals surface area contributed by atoms with Gasteiger partial charge in [0.15, 0.2) is 0 Å². The van der Waals surface area contributed by atoms with Crippen molar-refractivity contribution in [2.24, 2.45) is 5.41 Å². The quantitative estimate of drug-likeness (QED) is 0.866. The second kappa shape index (κ2) is 5.73. The van der Waals surface area contributed by atoms with Gasteiger partial charge in [0.2, 0.25) is 0 Å². The molecule has 0 radical (unpaired) electrons. The van der Waals surface area contributed by atoms with E-state index in [9.17, 15) is 9.90 Å². The summed E-state index contributed by atoms with van der Waals surface area (Å²) in [5.41, 5.74) is -0.0909. The SMILES string of the molecule is COc1cc(OC)cc(C(C)(C)CC(C)(C)C(=O)O)c1. The van der Waals surface area contributed by atoms with E-state index in [0.29, 0.717) is 17.9 Å². The first kappa shape index (κ1) is 16.3. The monoisotopic (exact) mass is 280 g/mol. The van der Waals surface area contributed by atoms with Crippen molar-refractivity contribution in [1.82, 2.24) is 0 Å². The van der Waals surface area contributed by atoms with E-state index in [1.165, 1.54) is 0 Å². The summed E-state index contributed by atoms with van der Waals surface area (Å²) in [4.78, 5) is 11.3. The Bertz CT molecular complexity index is 467. The molecule has 1 N–H and O–H groups in total. The molecule has 0 unspecified atom stereocenters. The summed E-state index contributed by atoms with van der Waals surface area (Å²) in [5, 5.41) is 9.30. The fourth-order valence-electron chi connectivity index (χ4n) is 2.48. The van der Waals surface area contributed by atoms with E-state index in [4.69, 9.17) is 9.47 Å². The van der Waals surface area contributed by atoms with E-state index in [1.54, 1.807) is 28.1 Å². The average Bonchev–Trinajstić information content (AvgIpc) is 2.36. The van der Waals surface area contributed by atoms with Gasteiger partial charge in [-0.15, -0.1) is 0 Å². The summed E-state index contributed by atoms with van der Waals surface area (Å²) in [5.74, 6) is 0.626. The maximum absolute atomic E-state index is 11.3. The molecule has 0 aliphatic heterocycles. The van der Waals surface area contributed by atoms with Crippen LogP contribution in [0.1, 0.15) is 39.7 Å². The number of hydrogen-bond acceptors (Lipinski definition) is 3. The Morgan fingerprint density at radius 3 is 1.85 bits per heavy atom. The molecule has 20 heavy (non-hydrogen) atoms. The highest BCUT2D eigenvalue weighted by atomic mass is 16.5. The fraction of sp³-hybridized carbons (Fsp3) is 0.562. The van der Waals surface area contributed by atoms with Crippen LogP contribution in [0.15, 0.2) is 18.2 Å². The van der Waals surface area contributed by atoms with Gasteiger partial charge in [-0.2, -0.15) is 0 Å². The zero-order valence-corrected chi connectivity index (χ0v) is 13.1. The van der Waals surface area contributed by atoms with Gasteiger partial charge in [0.25, 0.3) is 0 Å². The van der Waals surface area contributed by atoms with Gasteiger partial charge in [-0.25, -0.2) is 0 Å². The minimum Gasteiger partial charge on any atom is -0.497 e. The van der Waals surface area contributed by atoms with Gasteiger partial charge in [0.05, 0.1) is 19.6 Å². The van der Waals surface area contributed by atoms with Crippen molar-refractivity contribution in [3.8, 4) is 11.5 Å². The summed E-state index contributed by atoms with van der Waals surface area (Å²) in [7, 11) is 3.21. The van der Waals surface area contributed by atoms with Crippen molar-refractivity contribution < 1.29 is 19.4 Å². The molecule has 0 saturated carbocycles. The summed E-state index contributed by atoms with van der Waals surface area (Å²) in [6, 6.07) is 5.67. The number of methoxy groups -OCH3 is 2. The standard InChI is InChI=1S/C16H24O4/c1-15(2,10-16(3,4)14(17)18)11-7-12(19-5)9-13(8-11)20-6/h7-9H,10H2,1-6H3,(H,17,18). The summed E-state index contributed by atoms with van der Waals surface area (Å²) in [6.45, 7) is 7.56. The van der Waals surface area contributed by atoms with Crippen molar-refractivity contribution in [3.63, 3.8) is 0 Å². The minimum absolute atomic E-state index is 0.302. The molecule has 0 spiro atoms. The van der Waals surface area contributed by atoms with E-state index in [2.05, 4.69) is 0 Å². The van der Waals surface area contributed by atoms with Crippen LogP contribution in [0.25, 0.3) is 0 Å². The molecule has 0 bridgehead atoms. The second-order valence-corrected chi connectivity index (χ2v) is 6.35. The maximum Gasteiger partial charge on any atom is 0.309 e. The van der Waals surface area contributed by atoms with Crippen molar-refractivity contribution in [1.29, 1.82) is 0 Å². The number of aliphatic carboxylic acids is 1. The van der Waals surface area contributed by atoms with Crippen LogP contribution in [0.5, 0.6) is 11.5 Å². The second-order valence-electron chi connectivity index (χ2n) is 6.35. The van der Waals surface area contributed by atoms with Gasteiger partial charge in [-0.1, -0.05) is 13.8 Å². The van der Waals surface area contributed by atoms with Crippen molar-refractivity contribution in [3.05, 3.63) is 23.8 Å². The molecule has 112 valence electrons. The van der Waals surface area contributed by atoms with Gasteiger partial charge in [0.1, 0.15) is 11.5 Å². The van der Waals surface area contributed by atoms with Crippen LogP contribution in [-0.2, 0) is 10.2 Å². The number of carboxylic acids is 1. The third kappa shape index (κ3) is 3.65. The zero-order chi connectivity index (χ0) is 15.6. The Kier molecular flexibility index (Phi) is 4.69. The van der Waals surface area contributed by atoms with Gasteiger partial charge in [-0.3, -0.25) is 4.79 Å². The molecular weight excluding hydrogens is 256 g/mol. The van der Waals surface area contributed by atoms with Crippen LogP contribution in [0.2, 0.25) is 0 Å². The summed E-state index contributed by atoms with van der Waals surface area (Å²) in [6.07, 6.45) is 0.519. The molecule has 4 nitrogen and oxygen atoms in total. The molecule has 0 aromatic heterocycles. The molecule has 0 heterocycles. The maximum atomic E-state index is 11.3. The van der Waals surface area contributed by atoms with Crippen molar-refractivity contribution in [2.75, 3.05) is 14.2 Å². The van der Waals surface area contributed by atoms with Gasteiger partial charge < -0.3 is 14.6 Å². The van der Waals surface area contributed by atoms with Crippen LogP contribution >= 0.6 is 0 Å². The highest BCUT2D eigenvalue weighted by Crippen LogP contribution is 2.39. The smallest absolute Gasteiger partial charge is 0.309 e. The minimum atomic E-state index is -0.792. The van der Waals surface area contributed by atoms with E-state index >= 15 is 0 Å². The molecular formula is C16H24O4. The van der Waals surface area contributed by atoms with Gasteiger partial charge in [-0.05, 0) is 43.4 Å². The zero-order valence-electron chi connectivity index (χ0n) is 13.1. The molecule has 0 fully saturated rings. The van der Waals surface area contributed by atoms with E-state index in [1.807, 2.05) is 32.0 Å². The normalized spacial score (nSPS) is 12.1. The summed E-state index contributed by atoms with van der Waals surface area (Å²) < 4.78 is 10.5. The first-order chi connectivity index (χ1) is 9.12. The lowest BCUT2D eigenvalue weighted by Crippen LogP contribution is -2.32. The molecule has 1 aromatic carbocycles. The van der Waals surface area contributed by atoms with Crippen molar-refractivity contribution in [2.45, 2.75) is 39.5 Å². The molecule has 0 aliphatic carbocycles. The first-order valence-corrected chi connectivity index (χ1v) is 6.59. The van der Waals surface area contributed by atoms with Crippen LogP contribution in [-0.4, -0.2) is 25.3 Å². The lowest BCUT2D eigenvalue weighted by atomic mass is 9.71. The number of carboxylic acid groups (broad SMARTS) is 1. The number of hydrogen-bond donors (Lipinski definition) is 1. The summed E-state index contributed by atoms with van der Waals surface area (Å²) >= 11 is 0. The Morgan fingerprint density at radius 2 is 1.50 bits per heavy atom. The third-order valence-electron chi connectivity index (χ3n) is 3.60. The molecule has 0 aliphatic rings. The Labute approximate surface area is 120 Å². The molecule has 1 rings (SSSR count). The molecule has 0 saturated heterocycles. The predicted octanol–water partition coefficient (Wildman–Crippen LogP) is 3.48. The predicted molar refractivity (Wildman–Crippen MR) is 78.6 cm³/mol. The lowest BCUT2D eigenvalue weighted by Gasteiger charge is -2.33. The first-order valence-electron chi connectivity index (χ1n) is 6.59. The van der Waals surface area contributed by atoms with Crippen LogP contribution in [0.3, 0.4) is 0 Å². The highest BCUT2D eigenvalue weighted by molar-refractivity contribution is 5.73. The average molecular weight is 280 g/mol. The number of ether oxygens (including phenoxy) is 2. The third-order valence-corrected chi connectivity index (χ3v) is 3.60. The highest BCUT2D eigenvalue weighted by Gasteiger charge is 2.36. The number of carbonyl (C=O) groups is 1. The van der Waals surface area contributed by atoms with Crippen LogP contribution in [0, 0.1) is 5.41 Å². The Morgan fingerprint density at radius 1 is 1.05 bits per heavy atom. The number of rotatable bonds is 6. The Hall–Kier alpha value is -1.71. The van der Waals surface area contributed by atoms with Gasteiger partial charge >= 0.3 is 5.97 Å². The van der Waals surface area contributed by atoms with E-state index in [0.717, 1.165) is 5.56 Å². The van der Waals surface area contributed by atoms with Gasteiger partial charge in [0, 0.05) is 6.07 Å². The van der Waals surface area contributed by atoms with E-state index in [-0.39, 0.29) is 5.41 Å². The number of benzene rings is 1. The fourth-order valence-corrected chi connectivity index (χ4v) is 2.48. The largest absolute Gasteiger partial charge is 0.497 e. The topological polar surface area (TPSA) is 55.8 Å². The molecule has 1 aromatic rings. The lowest BCUT2D eigenvalue weighted by molar-refractivity contribution is -0.148. The molecule has 0 atom stereocenters. The van der Waals surface area contributed by atoms with Crippen LogP contribution < -0.4 is 9.47 Å². The molecule has 0 amide bonds. The Balaban J connectivity index is 3.17.